The molecule has 0 saturated carbocycles. The summed E-state index contributed by atoms with van der Waals surface area (Å²) >= 11 is 0. The van der Waals surface area contributed by atoms with Crippen molar-refractivity contribution in [1.29, 1.82) is 0 Å². The quantitative estimate of drug-likeness (QED) is 0.906. The SMILES string of the molecule is Cc1ccc(C[C@H](Oc2ccc(C)cc2)C(=O)O)cc1. The predicted molar refractivity (Wildman–Crippen MR) is 78.1 cm³/mol. The van der Waals surface area contributed by atoms with Crippen molar-refractivity contribution in [2.45, 2.75) is 26.4 Å². The molecule has 0 heterocycles. The molecule has 2 aromatic rings. The highest BCUT2D eigenvalue weighted by atomic mass is 16.5. The van der Waals surface area contributed by atoms with E-state index in [1.165, 1.54) is 0 Å². The summed E-state index contributed by atoms with van der Waals surface area (Å²) in [6, 6.07) is 15.2. The van der Waals surface area contributed by atoms with E-state index in [0.717, 1.165) is 16.7 Å². The minimum Gasteiger partial charge on any atom is -0.478 e. The molecule has 0 aliphatic heterocycles. The van der Waals surface area contributed by atoms with Crippen LogP contribution in [0, 0.1) is 13.8 Å². The lowest BCUT2D eigenvalue weighted by atomic mass is 10.1. The first kappa shape index (κ1) is 14.1. The van der Waals surface area contributed by atoms with E-state index < -0.39 is 12.1 Å². The van der Waals surface area contributed by atoms with Crippen molar-refractivity contribution >= 4 is 5.97 Å². The van der Waals surface area contributed by atoms with Gasteiger partial charge in [0.15, 0.2) is 6.10 Å². The second-order valence-electron chi connectivity index (χ2n) is 4.95. The molecule has 0 fully saturated rings. The second-order valence-corrected chi connectivity index (χ2v) is 4.95. The highest BCUT2D eigenvalue weighted by Gasteiger charge is 2.19. The van der Waals surface area contributed by atoms with E-state index in [1.807, 2.05) is 50.2 Å². The molecule has 0 aliphatic carbocycles. The van der Waals surface area contributed by atoms with Crippen molar-refractivity contribution in [1.82, 2.24) is 0 Å². The van der Waals surface area contributed by atoms with Gasteiger partial charge in [-0.05, 0) is 31.5 Å². The normalized spacial score (nSPS) is 11.9. The molecule has 1 N–H and O–H groups in total. The fraction of sp³-hybridized carbons (Fsp3) is 0.235. The van der Waals surface area contributed by atoms with Crippen LogP contribution < -0.4 is 4.74 Å². The van der Waals surface area contributed by atoms with Crippen LogP contribution in [0.5, 0.6) is 5.75 Å². The molecule has 2 rings (SSSR count). The number of ether oxygens (including phenoxy) is 1. The van der Waals surface area contributed by atoms with Crippen LogP contribution in [-0.2, 0) is 11.2 Å². The monoisotopic (exact) mass is 270 g/mol. The first-order valence-corrected chi connectivity index (χ1v) is 6.56. The minimum absolute atomic E-state index is 0.351. The van der Waals surface area contributed by atoms with E-state index in [0.29, 0.717) is 12.2 Å². The molecular formula is C17H18O3. The first-order chi connectivity index (χ1) is 9.54. The number of aliphatic carboxylic acids is 1. The zero-order valence-electron chi connectivity index (χ0n) is 11.7. The molecule has 104 valence electrons. The van der Waals surface area contributed by atoms with Gasteiger partial charge >= 0.3 is 5.97 Å². The number of aryl methyl sites for hydroxylation is 2. The molecule has 0 aliphatic rings. The lowest BCUT2D eigenvalue weighted by Crippen LogP contribution is -2.29. The van der Waals surface area contributed by atoms with Crippen molar-refractivity contribution in [2.75, 3.05) is 0 Å². The van der Waals surface area contributed by atoms with Gasteiger partial charge in [-0.2, -0.15) is 0 Å². The van der Waals surface area contributed by atoms with Gasteiger partial charge in [-0.3, -0.25) is 0 Å². The molecule has 0 radical (unpaired) electrons. The van der Waals surface area contributed by atoms with Gasteiger partial charge in [-0.25, -0.2) is 4.79 Å². The Labute approximate surface area is 118 Å². The van der Waals surface area contributed by atoms with Gasteiger partial charge in [0.1, 0.15) is 5.75 Å². The van der Waals surface area contributed by atoms with Crippen molar-refractivity contribution in [3.05, 3.63) is 65.2 Å². The standard InChI is InChI=1S/C17H18O3/c1-12-3-7-14(8-4-12)11-16(17(18)19)20-15-9-5-13(2)6-10-15/h3-10,16H,11H2,1-2H3,(H,18,19)/t16-/m0/s1. The largest absolute Gasteiger partial charge is 0.478 e. The van der Waals surface area contributed by atoms with Crippen molar-refractivity contribution in [2.24, 2.45) is 0 Å². The third kappa shape index (κ3) is 3.85. The molecule has 20 heavy (non-hydrogen) atoms. The fourth-order valence-corrected chi connectivity index (χ4v) is 1.90. The zero-order valence-corrected chi connectivity index (χ0v) is 11.7. The minimum atomic E-state index is -0.953. The van der Waals surface area contributed by atoms with E-state index in [4.69, 9.17) is 4.74 Å². The maximum Gasteiger partial charge on any atom is 0.345 e. The number of rotatable bonds is 5. The molecule has 3 nitrogen and oxygen atoms in total. The summed E-state index contributed by atoms with van der Waals surface area (Å²) < 4.78 is 5.57. The highest BCUT2D eigenvalue weighted by Crippen LogP contribution is 2.16. The van der Waals surface area contributed by atoms with Gasteiger partial charge in [-0.1, -0.05) is 47.5 Å². The van der Waals surface area contributed by atoms with Crippen LogP contribution >= 0.6 is 0 Å². The average Bonchev–Trinajstić information content (AvgIpc) is 2.42. The van der Waals surface area contributed by atoms with Crippen LogP contribution in [0.4, 0.5) is 0 Å². The Morgan fingerprint density at radius 2 is 1.50 bits per heavy atom. The molecular weight excluding hydrogens is 252 g/mol. The molecule has 3 heteroatoms. The summed E-state index contributed by atoms with van der Waals surface area (Å²) in [5.74, 6) is -0.374. The Bertz CT molecular complexity index is 523. The number of hydrogen-bond acceptors (Lipinski definition) is 2. The van der Waals surface area contributed by atoms with Gasteiger partial charge in [0.05, 0.1) is 0 Å². The first-order valence-electron chi connectivity index (χ1n) is 6.56. The summed E-state index contributed by atoms with van der Waals surface area (Å²) in [7, 11) is 0. The molecule has 2 aromatic carbocycles. The number of benzene rings is 2. The van der Waals surface area contributed by atoms with Crippen LogP contribution in [0.1, 0.15) is 16.7 Å². The van der Waals surface area contributed by atoms with Gasteiger partial charge in [0.25, 0.3) is 0 Å². The van der Waals surface area contributed by atoms with Crippen LogP contribution in [0.15, 0.2) is 48.5 Å². The van der Waals surface area contributed by atoms with Gasteiger partial charge in [0, 0.05) is 6.42 Å². The number of hydrogen-bond donors (Lipinski definition) is 1. The lowest BCUT2D eigenvalue weighted by molar-refractivity contribution is -0.145. The molecule has 0 saturated heterocycles. The summed E-state index contributed by atoms with van der Waals surface area (Å²) in [5.41, 5.74) is 3.22. The van der Waals surface area contributed by atoms with E-state index >= 15 is 0 Å². The Morgan fingerprint density at radius 3 is 2.00 bits per heavy atom. The topological polar surface area (TPSA) is 46.5 Å². The third-order valence-electron chi connectivity index (χ3n) is 3.12. The summed E-state index contributed by atoms with van der Waals surface area (Å²) in [5, 5.41) is 9.28. The smallest absolute Gasteiger partial charge is 0.345 e. The second kappa shape index (κ2) is 6.24. The van der Waals surface area contributed by atoms with Crippen LogP contribution in [-0.4, -0.2) is 17.2 Å². The summed E-state index contributed by atoms with van der Waals surface area (Å²) in [6.45, 7) is 3.98. The predicted octanol–water partition coefficient (Wildman–Crippen LogP) is 3.38. The molecule has 0 spiro atoms. The van der Waals surface area contributed by atoms with Gasteiger partial charge in [0.2, 0.25) is 0 Å². The van der Waals surface area contributed by atoms with E-state index in [9.17, 15) is 9.90 Å². The van der Waals surface area contributed by atoms with Crippen molar-refractivity contribution < 1.29 is 14.6 Å². The van der Waals surface area contributed by atoms with Gasteiger partial charge in [-0.15, -0.1) is 0 Å². The Hall–Kier alpha value is -2.29. The lowest BCUT2D eigenvalue weighted by Gasteiger charge is -2.15. The Kier molecular flexibility index (Phi) is 4.41. The number of carboxylic acids is 1. The van der Waals surface area contributed by atoms with E-state index in [1.54, 1.807) is 12.1 Å². The average molecular weight is 270 g/mol. The van der Waals surface area contributed by atoms with Gasteiger partial charge < -0.3 is 9.84 Å². The summed E-state index contributed by atoms with van der Waals surface area (Å²) in [4.78, 5) is 11.3. The maximum absolute atomic E-state index is 11.3. The highest BCUT2D eigenvalue weighted by molar-refractivity contribution is 5.73. The Balaban J connectivity index is 2.09. The molecule has 1 atom stereocenters. The molecule has 0 bridgehead atoms. The zero-order chi connectivity index (χ0) is 14.5. The van der Waals surface area contributed by atoms with Crippen molar-refractivity contribution in [3.63, 3.8) is 0 Å². The van der Waals surface area contributed by atoms with Crippen LogP contribution in [0.25, 0.3) is 0 Å². The maximum atomic E-state index is 11.3. The number of carbonyl (C=O) groups is 1. The fourth-order valence-electron chi connectivity index (χ4n) is 1.90. The summed E-state index contributed by atoms with van der Waals surface area (Å²) in [6.07, 6.45) is -0.524. The number of carboxylic acid groups (broad SMARTS) is 1. The van der Waals surface area contributed by atoms with Crippen molar-refractivity contribution in [3.8, 4) is 5.75 Å². The molecule has 0 unspecified atom stereocenters. The van der Waals surface area contributed by atoms with E-state index in [2.05, 4.69) is 0 Å². The molecule has 0 amide bonds. The Morgan fingerprint density at radius 1 is 1.00 bits per heavy atom. The van der Waals surface area contributed by atoms with Crippen LogP contribution in [0.3, 0.4) is 0 Å². The van der Waals surface area contributed by atoms with Crippen LogP contribution in [0.2, 0.25) is 0 Å². The van der Waals surface area contributed by atoms with E-state index in [-0.39, 0.29) is 0 Å². The molecule has 0 aromatic heterocycles. The third-order valence-corrected chi connectivity index (χ3v) is 3.12.